The fourth-order valence-corrected chi connectivity index (χ4v) is 1.67. The van der Waals surface area contributed by atoms with Gasteiger partial charge in [-0.05, 0) is 12.1 Å². The molecule has 0 spiro atoms. The van der Waals surface area contributed by atoms with Gasteiger partial charge in [-0.25, -0.2) is 9.78 Å². The molecule has 24 heavy (non-hydrogen) atoms. The van der Waals surface area contributed by atoms with Gasteiger partial charge >= 0.3 is 6.09 Å². The minimum absolute atomic E-state index is 0.0249. The maximum Gasteiger partial charge on any atom is 0.412 e. The van der Waals surface area contributed by atoms with Crippen LogP contribution in [0.1, 0.15) is 6.92 Å². The van der Waals surface area contributed by atoms with Crippen LogP contribution < -0.4 is 10.6 Å². The van der Waals surface area contributed by atoms with Gasteiger partial charge in [0.2, 0.25) is 5.91 Å². The summed E-state index contributed by atoms with van der Waals surface area (Å²) in [5.74, 6) is -0.890. The van der Waals surface area contributed by atoms with Gasteiger partial charge in [0.15, 0.2) is 17.4 Å². The van der Waals surface area contributed by atoms with E-state index in [0.717, 1.165) is 0 Å². The fourth-order valence-electron chi connectivity index (χ4n) is 1.67. The van der Waals surface area contributed by atoms with E-state index in [1.165, 1.54) is 20.1 Å². The molecule has 1 heterocycles. The van der Waals surface area contributed by atoms with Crippen molar-refractivity contribution in [2.24, 2.45) is 10.2 Å². The Bertz CT molecular complexity index is 777. The van der Waals surface area contributed by atoms with Gasteiger partial charge in [-0.3, -0.25) is 10.1 Å². The number of amides is 2. The Morgan fingerprint density at radius 3 is 2.46 bits per heavy atom. The Hall–Kier alpha value is -3.49. The molecule has 2 rings (SSSR count). The summed E-state index contributed by atoms with van der Waals surface area (Å²) in [6.07, 6.45) is -0.780. The van der Waals surface area contributed by atoms with Crippen molar-refractivity contribution in [1.82, 2.24) is 4.98 Å². The van der Waals surface area contributed by atoms with E-state index in [1.807, 2.05) is 6.07 Å². The van der Waals surface area contributed by atoms with Crippen LogP contribution in [-0.4, -0.2) is 29.2 Å². The van der Waals surface area contributed by atoms with Gasteiger partial charge in [0.1, 0.15) is 5.69 Å². The highest BCUT2D eigenvalue weighted by Gasteiger charge is 2.15. The number of anilines is 2. The molecule has 0 saturated carbocycles. The predicted octanol–water partition coefficient (Wildman–Crippen LogP) is 3.34. The van der Waals surface area contributed by atoms with Gasteiger partial charge in [-0.1, -0.05) is 18.2 Å². The first-order valence-corrected chi connectivity index (χ1v) is 6.83. The molecule has 0 aliphatic heterocycles. The molecule has 9 heteroatoms. The zero-order valence-electron chi connectivity index (χ0n) is 13.0. The number of pyridine rings is 1. The van der Waals surface area contributed by atoms with Gasteiger partial charge in [-0.15, -0.1) is 5.11 Å². The number of nitrogens with one attached hydrogen (secondary N) is 2. The number of benzene rings is 1. The van der Waals surface area contributed by atoms with Gasteiger partial charge in [0.05, 0.1) is 12.8 Å². The third-order valence-electron chi connectivity index (χ3n) is 2.71. The number of nitrogens with zero attached hydrogens (tertiary/aromatic N) is 3. The van der Waals surface area contributed by atoms with Crippen LogP contribution in [0.25, 0.3) is 0 Å². The van der Waals surface area contributed by atoms with Crippen LogP contribution in [0.2, 0.25) is 0 Å². The summed E-state index contributed by atoms with van der Waals surface area (Å²) in [5, 5.41) is 22.6. The predicted molar refractivity (Wildman–Crippen MR) is 86.9 cm³/mol. The van der Waals surface area contributed by atoms with E-state index in [2.05, 4.69) is 30.6 Å². The molecule has 2 amide bonds. The number of methoxy groups -OCH3 is 1. The van der Waals surface area contributed by atoms with E-state index < -0.39 is 12.0 Å². The van der Waals surface area contributed by atoms with Crippen molar-refractivity contribution < 1.29 is 19.4 Å². The zero-order chi connectivity index (χ0) is 17.5. The molecule has 0 fully saturated rings. The van der Waals surface area contributed by atoms with Gasteiger partial charge in [-0.2, -0.15) is 5.11 Å². The second kappa shape index (κ2) is 7.68. The Balaban J connectivity index is 2.40. The first kappa shape index (κ1) is 16.9. The molecule has 1 aromatic carbocycles. The highest BCUT2D eigenvalue weighted by molar-refractivity contribution is 5.92. The zero-order valence-corrected chi connectivity index (χ0v) is 13.0. The number of carbonyl (C=O) groups is 2. The van der Waals surface area contributed by atoms with Crippen molar-refractivity contribution in [2.45, 2.75) is 6.92 Å². The summed E-state index contributed by atoms with van der Waals surface area (Å²) in [6, 6.07) is 10.1. The highest BCUT2D eigenvalue weighted by Crippen LogP contribution is 2.33. The highest BCUT2D eigenvalue weighted by atomic mass is 16.5. The number of hydrogen-bond acceptors (Lipinski definition) is 7. The van der Waals surface area contributed by atoms with Crippen molar-refractivity contribution in [3.63, 3.8) is 0 Å². The molecule has 0 radical (unpaired) electrons. The molecule has 0 saturated heterocycles. The lowest BCUT2D eigenvalue weighted by molar-refractivity contribution is -0.114. The number of hydrogen-bond donors (Lipinski definition) is 3. The Labute approximate surface area is 137 Å². The maximum atomic E-state index is 11.4. The van der Waals surface area contributed by atoms with Crippen molar-refractivity contribution in [3.8, 4) is 5.75 Å². The molecule has 124 valence electrons. The Morgan fingerprint density at radius 2 is 1.83 bits per heavy atom. The molecule has 0 aliphatic carbocycles. The van der Waals surface area contributed by atoms with E-state index in [1.54, 1.807) is 24.3 Å². The summed E-state index contributed by atoms with van der Waals surface area (Å²) in [5.41, 5.74) is 0.669. The number of rotatable bonds is 4. The molecular weight excluding hydrogens is 314 g/mol. The monoisotopic (exact) mass is 329 g/mol. The van der Waals surface area contributed by atoms with Gasteiger partial charge < -0.3 is 15.2 Å². The lowest BCUT2D eigenvalue weighted by Crippen LogP contribution is -2.14. The van der Waals surface area contributed by atoms with Gasteiger partial charge in [0, 0.05) is 13.0 Å². The third-order valence-corrected chi connectivity index (χ3v) is 2.71. The van der Waals surface area contributed by atoms with E-state index in [0.29, 0.717) is 5.69 Å². The van der Waals surface area contributed by atoms with Crippen LogP contribution in [0.4, 0.5) is 27.8 Å². The second-order valence-electron chi connectivity index (χ2n) is 4.56. The van der Waals surface area contributed by atoms with Crippen LogP contribution in [0.5, 0.6) is 5.75 Å². The van der Waals surface area contributed by atoms with Crippen LogP contribution in [0, 0.1) is 0 Å². The summed E-state index contributed by atoms with van der Waals surface area (Å²) < 4.78 is 4.51. The Morgan fingerprint density at radius 1 is 1.12 bits per heavy atom. The van der Waals surface area contributed by atoms with E-state index >= 15 is 0 Å². The van der Waals surface area contributed by atoms with Gasteiger partial charge in [0.25, 0.3) is 0 Å². The molecule has 3 N–H and O–H groups in total. The average molecular weight is 329 g/mol. The normalized spacial score (nSPS) is 10.4. The number of aromatic hydroxyl groups is 1. The third kappa shape index (κ3) is 4.50. The number of azo groups is 1. The van der Waals surface area contributed by atoms with Crippen LogP contribution >= 0.6 is 0 Å². The van der Waals surface area contributed by atoms with E-state index in [-0.39, 0.29) is 23.1 Å². The quantitative estimate of drug-likeness (QED) is 0.742. The van der Waals surface area contributed by atoms with Crippen LogP contribution in [0.15, 0.2) is 46.6 Å². The Kier molecular flexibility index (Phi) is 5.40. The van der Waals surface area contributed by atoms with Crippen LogP contribution in [0.3, 0.4) is 0 Å². The first-order chi connectivity index (χ1) is 11.5. The lowest BCUT2D eigenvalue weighted by atomic mass is 10.3. The lowest BCUT2D eigenvalue weighted by Gasteiger charge is -2.10. The molecular formula is C15H15N5O4. The number of ether oxygens (including phenoxy) is 1. The van der Waals surface area contributed by atoms with Crippen LogP contribution in [-0.2, 0) is 9.53 Å². The number of carbonyl (C=O) groups excluding carboxylic acids is 2. The SMILES string of the molecule is COC(=O)Nc1nc(NC(C)=O)c(O)cc1N=Nc1ccccc1. The largest absolute Gasteiger partial charge is 0.504 e. The molecule has 9 nitrogen and oxygen atoms in total. The molecule has 0 unspecified atom stereocenters. The molecule has 0 bridgehead atoms. The second-order valence-corrected chi connectivity index (χ2v) is 4.56. The van der Waals surface area contributed by atoms with Crippen molar-refractivity contribution in [3.05, 3.63) is 36.4 Å². The van der Waals surface area contributed by atoms with Crippen molar-refractivity contribution in [1.29, 1.82) is 0 Å². The van der Waals surface area contributed by atoms with Crippen molar-refractivity contribution in [2.75, 3.05) is 17.7 Å². The maximum absolute atomic E-state index is 11.4. The number of aromatic nitrogens is 1. The molecule has 0 aliphatic rings. The fraction of sp³-hybridized carbons (Fsp3) is 0.133. The molecule has 1 aromatic heterocycles. The van der Waals surface area contributed by atoms with E-state index in [4.69, 9.17) is 0 Å². The summed E-state index contributed by atoms with van der Waals surface area (Å²) in [7, 11) is 1.19. The molecule has 2 aromatic rings. The minimum Gasteiger partial charge on any atom is -0.504 e. The smallest absolute Gasteiger partial charge is 0.412 e. The summed E-state index contributed by atoms with van der Waals surface area (Å²) in [6.45, 7) is 1.26. The van der Waals surface area contributed by atoms with E-state index in [9.17, 15) is 14.7 Å². The first-order valence-electron chi connectivity index (χ1n) is 6.83. The van der Waals surface area contributed by atoms with Crippen molar-refractivity contribution >= 4 is 35.0 Å². The topological polar surface area (TPSA) is 125 Å². The molecule has 0 atom stereocenters. The summed E-state index contributed by atoms with van der Waals surface area (Å²) in [4.78, 5) is 26.5. The minimum atomic E-state index is -0.780. The average Bonchev–Trinajstić information content (AvgIpc) is 2.56. The summed E-state index contributed by atoms with van der Waals surface area (Å²) >= 11 is 0. The standard InChI is InChI=1S/C15H15N5O4/c1-9(21)16-14-12(22)8-11(13(17-14)18-15(23)24-2)20-19-10-6-4-3-5-7-10/h3-8,22H,1-2H3,(H2,16,17,18,21,23).